The molecule has 1 atom stereocenters. The first-order chi connectivity index (χ1) is 17.8. The van der Waals surface area contributed by atoms with Crippen LogP contribution in [-0.4, -0.2) is 36.1 Å². The highest BCUT2D eigenvalue weighted by Gasteiger charge is 2.19. The molecule has 0 spiro atoms. The van der Waals surface area contributed by atoms with Crippen LogP contribution in [0.1, 0.15) is 36.7 Å². The van der Waals surface area contributed by atoms with Gasteiger partial charge in [-0.25, -0.2) is 10.3 Å². The first kappa shape index (κ1) is 28.6. The molecule has 197 valence electrons. The summed E-state index contributed by atoms with van der Waals surface area (Å²) in [5.41, 5.74) is 2.37. The van der Waals surface area contributed by atoms with Crippen molar-refractivity contribution in [1.29, 1.82) is 0 Å². The summed E-state index contributed by atoms with van der Waals surface area (Å²) in [6.45, 7) is 2.39. The molecule has 0 bridgehead atoms. The van der Waals surface area contributed by atoms with Gasteiger partial charge in [-0.05, 0) is 42.0 Å². The second kappa shape index (κ2) is 13.6. The number of imidazole rings is 1. The fraction of sp³-hybridized carbons (Fsp3) is 0.346. The standard InChI is InChI=1S/C26H28Cl3N4O4/c1-16(12-17-9-10-20(36-2)24(37-3)23(17)27)8-11-22(35)30-13-21-32-25(28)26(29)33(21)14-18-6-4-5-7-19(18)31-15-34/h4-7,9-10,15-16H,8,11-14H2,1-3H3,(H,31,34). The second-order valence-electron chi connectivity index (χ2n) is 8.45. The number of hydrogen-bond donors (Lipinski definition) is 1. The number of hydrogen-bond acceptors (Lipinski definition) is 5. The Morgan fingerprint density at radius 1 is 1.14 bits per heavy atom. The van der Waals surface area contributed by atoms with Gasteiger partial charge in [0.05, 0.1) is 25.8 Å². The lowest BCUT2D eigenvalue weighted by Gasteiger charge is -2.16. The van der Waals surface area contributed by atoms with Crippen LogP contribution in [0, 0.1) is 5.92 Å². The molecule has 1 N–H and O–H groups in total. The van der Waals surface area contributed by atoms with Gasteiger partial charge in [-0.3, -0.25) is 9.59 Å². The van der Waals surface area contributed by atoms with Gasteiger partial charge >= 0.3 is 0 Å². The molecule has 0 saturated carbocycles. The van der Waals surface area contributed by atoms with Gasteiger partial charge in [0.2, 0.25) is 12.3 Å². The molecular weight excluding hydrogens is 539 g/mol. The number of carbonyl (C=O) groups is 2. The average Bonchev–Trinajstić information content (AvgIpc) is 3.16. The van der Waals surface area contributed by atoms with Crippen molar-refractivity contribution in [1.82, 2.24) is 14.9 Å². The van der Waals surface area contributed by atoms with Crippen molar-refractivity contribution in [3.8, 4) is 11.5 Å². The summed E-state index contributed by atoms with van der Waals surface area (Å²) >= 11 is 19.0. The molecule has 0 aliphatic heterocycles. The van der Waals surface area contributed by atoms with Gasteiger partial charge < -0.3 is 19.4 Å². The number of amides is 2. The minimum absolute atomic E-state index is 0.0322. The van der Waals surface area contributed by atoms with Crippen molar-refractivity contribution in [2.45, 2.75) is 39.3 Å². The average molecular weight is 567 g/mol. The highest BCUT2D eigenvalue weighted by atomic mass is 35.5. The Hall–Kier alpha value is -2.94. The van der Waals surface area contributed by atoms with E-state index < -0.39 is 0 Å². The van der Waals surface area contributed by atoms with E-state index in [4.69, 9.17) is 44.3 Å². The van der Waals surface area contributed by atoms with Crippen molar-refractivity contribution in [3.05, 3.63) is 68.7 Å². The van der Waals surface area contributed by atoms with Crippen molar-refractivity contribution >= 4 is 52.8 Å². The lowest BCUT2D eigenvalue weighted by atomic mass is 9.96. The molecule has 2 aromatic carbocycles. The Kier molecular flexibility index (Phi) is 10.5. The lowest BCUT2D eigenvalue weighted by molar-refractivity contribution is -0.121. The number of benzene rings is 2. The molecular formula is C26H28Cl3N4O4. The summed E-state index contributed by atoms with van der Waals surface area (Å²) < 4.78 is 12.3. The predicted molar refractivity (Wildman–Crippen MR) is 145 cm³/mol. The molecule has 3 rings (SSSR count). The molecule has 1 radical (unpaired) electrons. The lowest BCUT2D eigenvalue weighted by Crippen LogP contribution is -2.19. The van der Waals surface area contributed by atoms with Crippen molar-refractivity contribution in [3.63, 3.8) is 0 Å². The molecule has 1 aromatic heterocycles. The zero-order valence-electron chi connectivity index (χ0n) is 20.8. The van der Waals surface area contributed by atoms with E-state index in [9.17, 15) is 9.59 Å². The normalized spacial score (nSPS) is 11.6. The maximum absolute atomic E-state index is 12.5. The van der Waals surface area contributed by atoms with E-state index in [1.165, 1.54) is 0 Å². The number of nitrogens with one attached hydrogen (secondary N) is 1. The third-order valence-corrected chi connectivity index (χ3v) is 7.05. The van der Waals surface area contributed by atoms with Crippen LogP contribution in [-0.2, 0) is 29.1 Å². The first-order valence-electron chi connectivity index (χ1n) is 11.6. The van der Waals surface area contributed by atoms with Crippen molar-refractivity contribution in [2.75, 3.05) is 19.5 Å². The number of rotatable bonds is 13. The molecule has 1 unspecified atom stereocenters. The highest BCUT2D eigenvalue weighted by molar-refractivity contribution is 6.40. The van der Waals surface area contributed by atoms with Crippen LogP contribution >= 0.6 is 34.8 Å². The first-order valence-corrected chi connectivity index (χ1v) is 12.7. The molecule has 0 fully saturated rings. The molecule has 0 aliphatic rings. The van der Waals surface area contributed by atoms with Crippen molar-refractivity contribution < 1.29 is 19.1 Å². The summed E-state index contributed by atoms with van der Waals surface area (Å²) in [4.78, 5) is 27.7. The van der Waals surface area contributed by atoms with E-state index in [0.29, 0.717) is 53.8 Å². The van der Waals surface area contributed by atoms with E-state index in [1.807, 2.05) is 30.3 Å². The van der Waals surface area contributed by atoms with E-state index in [-0.39, 0.29) is 35.1 Å². The van der Waals surface area contributed by atoms with E-state index in [0.717, 1.165) is 11.1 Å². The molecule has 1 heterocycles. The number of para-hydroxylation sites is 1. The Morgan fingerprint density at radius 3 is 2.59 bits per heavy atom. The van der Waals surface area contributed by atoms with E-state index in [1.54, 1.807) is 24.9 Å². The van der Waals surface area contributed by atoms with Crippen LogP contribution in [0.4, 0.5) is 5.69 Å². The largest absolute Gasteiger partial charge is 0.493 e. The van der Waals surface area contributed by atoms with Crippen LogP contribution in [0.25, 0.3) is 0 Å². The van der Waals surface area contributed by atoms with Gasteiger partial charge in [0.1, 0.15) is 17.5 Å². The zero-order valence-corrected chi connectivity index (χ0v) is 23.0. The van der Waals surface area contributed by atoms with Gasteiger partial charge in [0, 0.05) is 12.1 Å². The minimum atomic E-state index is -0.241. The summed E-state index contributed by atoms with van der Waals surface area (Å²) in [6, 6.07) is 11.0. The van der Waals surface area contributed by atoms with Crippen molar-refractivity contribution in [2.24, 2.45) is 5.92 Å². The zero-order chi connectivity index (χ0) is 26.9. The number of methoxy groups -OCH3 is 2. The number of nitrogens with zero attached hydrogens (tertiary/aromatic N) is 3. The second-order valence-corrected chi connectivity index (χ2v) is 9.54. The number of anilines is 1. The third kappa shape index (κ3) is 7.31. The molecule has 37 heavy (non-hydrogen) atoms. The van der Waals surface area contributed by atoms with E-state index in [2.05, 4.69) is 22.5 Å². The minimum Gasteiger partial charge on any atom is -0.493 e. The number of aromatic nitrogens is 2. The molecule has 11 heteroatoms. The summed E-state index contributed by atoms with van der Waals surface area (Å²) in [5, 5.41) is 7.72. The Morgan fingerprint density at radius 2 is 1.89 bits per heavy atom. The maximum atomic E-state index is 12.5. The van der Waals surface area contributed by atoms with Crippen LogP contribution in [0.5, 0.6) is 11.5 Å². The van der Waals surface area contributed by atoms with Gasteiger partial charge in [0.15, 0.2) is 16.7 Å². The van der Waals surface area contributed by atoms with Crippen LogP contribution in [0.2, 0.25) is 15.3 Å². The molecule has 3 aromatic rings. The van der Waals surface area contributed by atoms with Crippen LogP contribution < -0.4 is 20.1 Å². The van der Waals surface area contributed by atoms with Gasteiger partial charge in [0.25, 0.3) is 0 Å². The number of ether oxygens (including phenoxy) is 2. The monoisotopic (exact) mass is 565 g/mol. The molecule has 2 amide bonds. The maximum Gasteiger partial charge on any atom is 0.241 e. The summed E-state index contributed by atoms with van der Waals surface area (Å²) in [7, 11) is 3.10. The molecule has 0 saturated heterocycles. The molecule has 8 nitrogen and oxygen atoms in total. The Balaban J connectivity index is 1.58. The SMILES string of the molecule is COc1ccc(CC(C)CCC(=O)[N]Cc2nc(Cl)c(Cl)n2Cc2ccccc2NC=O)c(Cl)c1OC. The number of carbonyl (C=O) groups excluding carboxylic acids is 2. The third-order valence-electron chi connectivity index (χ3n) is 5.89. The fourth-order valence-electron chi connectivity index (χ4n) is 3.93. The van der Waals surface area contributed by atoms with E-state index >= 15 is 0 Å². The Bertz CT molecular complexity index is 1250. The topological polar surface area (TPSA) is 96.5 Å². The van der Waals surface area contributed by atoms with Gasteiger partial charge in [-0.15, -0.1) is 0 Å². The molecule has 0 aliphatic carbocycles. The smallest absolute Gasteiger partial charge is 0.241 e. The summed E-state index contributed by atoms with van der Waals surface area (Å²) in [5.74, 6) is 1.46. The van der Waals surface area contributed by atoms with Crippen LogP contribution in [0.15, 0.2) is 36.4 Å². The Labute approximate surface area is 231 Å². The number of halogens is 3. The summed E-state index contributed by atoms with van der Waals surface area (Å²) in [6.07, 6.45) is 2.20. The van der Waals surface area contributed by atoms with Crippen LogP contribution in [0.3, 0.4) is 0 Å². The highest BCUT2D eigenvalue weighted by Crippen LogP contribution is 2.38. The van der Waals surface area contributed by atoms with Gasteiger partial charge in [-0.1, -0.05) is 66.0 Å². The quantitative estimate of drug-likeness (QED) is 0.265. The predicted octanol–water partition coefficient (Wildman–Crippen LogP) is 5.77. The van der Waals surface area contributed by atoms with Gasteiger partial charge in [-0.2, -0.15) is 0 Å². The fourth-order valence-corrected chi connectivity index (χ4v) is 4.64.